The van der Waals surface area contributed by atoms with Crippen LogP contribution in [-0.2, 0) is 9.53 Å². The summed E-state index contributed by atoms with van der Waals surface area (Å²) in [5.41, 5.74) is 0. The number of esters is 1. The van der Waals surface area contributed by atoms with Gasteiger partial charge in [-0.25, -0.2) is 0 Å². The van der Waals surface area contributed by atoms with Crippen molar-refractivity contribution >= 4 is 5.97 Å². The Bertz CT molecular complexity index is 248. The quantitative estimate of drug-likeness (QED) is 0.254. The zero-order valence-electron chi connectivity index (χ0n) is 15.7. The molecule has 0 amide bonds. The molecule has 0 radical (unpaired) electrons. The fourth-order valence-electron chi connectivity index (χ4n) is 2.89. The minimum Gasteiger partial charge on any atom is -0.466 e. The standard InChI is InChI=1S/C20H40O2/c1-5-22-20(21)17-11-9-7-6-8-10-15-19(4)16-13-12-14-18(2)3/h18-19H,5-17H2,1-4H3. The largest absolute Gasteiger partial charge is 0.466 e. The van der Waals surface area contributed by atoms with E-state index < -0.39 is 0 Å². The third-order valence-electron chi connectivity index (χ3n) is 4.36. The van der Waals surface area contributed by atoms with Gasteiger partial charge in [-0.2, -0.15) is 0 Å². The van der Waals surface area contributed by atoms with Crippen LogP contribution in [0, 0.1) is 11.8 Å². The molecule has 0 saturated heterocycles. The van der Waals surface area contributed by atoms with Crippen molar-refractivity contribution in [2.45, 2.75) is 105 Å². The smallest absolute Gasteiger partial charge is 0.305 e. The van der Waals surface area contributed by atoms with E-state index in [2.05, 4.69) is 20.8 Å². The molecule has 0 aromatic carbocycles. The summed E-state index contributed by atoms with van der Waals surface area (Å²) in [6.45, 7) is 9.42. The van der Waals surface area contributed by atoms with Gasteiger partial charge in [-0.15, -0.1) is 0 Å². The summed E-state index contributed by atoms with van der Waals surface area (Å²) in [5, 5.41) is 0. The second kappa shape index (κ2) is 15.4. The van der Waals surface area contributed by atoms with Crippen LogP contribution >= 0.6 is 0 Å². The zero-order chi connectivity index (χ0) is 16.6. The average Bonchev–Trinajstić information content (AvgIpc) is 2.46. The van der Waals surface area contributed by atoms with Gasteiger partial charge in [-0.05, 0) is 25.2 Å². The van der Waals surface area contributed by atoms with Crippen LogP contribution in [0.2, 0.25) is 0 Å². The molecule has 0 spiro atoms. The highest BCUT2D eigenvalue weighted by atomic mass is 16.5. The first-order valence-corrected chi connectivity index (χ1v) is 9.71. The predicted octanol–water partition coefficient (Wildman–Crippen LogP) is 6.52. The minimum absolute atomic E-state index is 0.0335. The van der Waals surface area contributed by atoms with E-state index in [0.717, 1.165) is 18.3 Å². The van der Waals surface area contributed by atoms with E-state index in [0.29, 0.717) is 13.0 Å². The first-order chi connectivity index (χ1) is 10.6. The van der Waals surface area contributed by atoms with Gasteiger partial charge in [0.2, 0.25) is 0 Å². The number of unbranched alkanes of at least 4 members (excludes halogenated alkanes) is 6. The van der Waals surface area contributed by atoms with E-state index in [-0.39, 0.29) is 5.97 Å². The third kappa shape index (κ3) is 15.9. The van der Waals surface area contributed by atoms with Gasteiger partial charge in [0.15, 0.2) is 0 Å². The Balaban J connectivity index is 3.23. The van der Waals surface area contributed by atoms with Crippen molar-refractivity contribution in [3.63, 3.8) is 0 Å². The number of hydrogen-bond acceptors (Lipinski definition) is 2. The fraction of sp³-hybridized carbons (Fsp3) is 0.950. The van der Waals surface area contributed by atoms with Crippen molar-refractivity contribution in [1.29, 1.82) is 0 Å². The van der Waals surface area contributed by atoms with Crippen LogP contribution in [0.3, 0.4) is 0 Å². The molecule has 0 fully saturated rings. The van der Waals surface area contributed by atoms with Crippen molar-refractivity contribution in [1.82, 2.24) is 0 Å². The lowest BCUT2D eigenvalue weighted by Crippen LogP contribution is -2.03. The molecule has 22 heavy (non-hydrogen) atoms. The van der Waals surface area contributed by atoms with E-state index in [9.17, 15) is 4.79 Å². The van der Waals surface area contributed by atoms with Gasteiger partial charge in [0.1, 0.15) is 0 Å². The molecule has 0 aliphatic carbocycles. The number of rotatable bonds is 15. The molecule has 1 unspecified atom stereocenters. The molecule has 0 rings (SSSR count). The molecule has 0 aliphatic heterocycles. The van der Waals surface area contributed by atoms with E-state index in [1.807, 2.05) is 6.92 Å². The molecule has 0 aromatic rings. The van der Waals surface area contributed by atoms with E-state index in [4.69, 9.17) is 4.74 Å². The summed E-state index contributed by atoms with van der Waals surface area (Å²) in [4.78, 5) is 11.2. The molecule has 1 atom stereocenters. The van der Waals surface area contributed by atoms with Crippen molar-refractivity contribution in [3.8, 4) is 0 Å². The molecule has 0 saturated carbocycles. The molecular formula is C20H40O2. The molecule has 132 valence electrons. The van der Waals surface area contributed by atoms with Crippen LogP contribution in [0.5, 0.6) is 0 Å². The van der Waals surface area contributed by atoms with Gasteiger partial charge in [0.05, 0.1) is 6.61 Å². The SMILES string of the molecule is CCOC(=O)CCCCCCCCC(C)CCCCC(C)C. The van der Waals surface area contributed by atoms with Crippen LogP contribution in [0.1, 0.15) is 105 Å². The second-order valence-electron chi connectivity index (χ2n) is 7.25. The van der Waals surface area contributed by atoms with Gasteiger partial charge in [-0.3, -0.25) is 4.79 Å². The number of carbonyl (C=O) groups excluding carboxylic acids is 1. The van der Waals surface area contributed by atoms with Gasteiger partial charge < -0.3 is 4.74 Å². The molecule has 0 N–H and O–H groups in total. The van der Waals surface area contributed by atoms with Crippen molar-refractivity contribution in [2.75, 3.05) is 6.61 Å². The Morgan fingerprint density at radius 2 is 1.27 bits per heavy atom. The first-order valence-electron chi connectivity index (χ1n) is 9.71. The van der Waals surface area contributed by atoms with E-state index in [1.54, 1.807) is 0 Å². The van der Waals surface area contributed by atoms with Crippen LogP contribution in [0.4, 0.5) is 0 Å². The first kappa shape index (κ1) is 21.5. The monoisotopic (exact) mass is 312 g/mol. The highest BCUT2D eigenvalue weighted by molar-refractivity contribution is 5.69. The molecule has 0 heterocycles. The maximum Gasteiger partial charge on any atom is 0.305 e. The molecule has 0 bridgehead atoms. The summed E-state index contributed by atoms with van der Waals surface area (Å²) in [5.74, 6) is 1.73. The normalized spacial score (nSPS) is 12.6. The van der Waals surface area contributed by atoms with Crippen LogP contribution in [-0.4, -0.2) is 12.6 Å². The lowest BCUT2D eigenvalue weighted by molar-refractivity contribution is -0.143. The predicted molar refractivity (Wildman–Crippen MR) is 96.0 cm³/mol. The lowest BCUT2D eigenvalue weighted by atomic mass is 9.95. The topological polar surface area (TPSA) is 26.3 Å². The van der Waals surface area contributed by atoms with Crippen LogP contribution in [0.25, 0.3) is 0 Å². The lowest BCUT2D eigenvalue weighted by Gasteiger charge is -2.11. The van der Waals surface area contributed by atoms with E-state index in [1.165, 1.54) is 64.2 Å². The van der Waals surface area contributed by atoms with Gasteiger partial charge >= 0.3 is 5.97 Å². The minimum atomic E-state index is -0.0335. The fourth-order valence-corrected chi connectivity index (χ4v) is 2.89. The van der Waals surface area contributed by atoms with Gasteiger partial charge in [0, 0.05) is 6.42 Å². The maximum absolute atomic E-state index is 11.2. The molecule has 2 nitrogen and oxygen atoms in total. The summed E-state index contributed by atoms with van der Waals surface area (Å²) < 4.78 is 4.93. The Hall–Kier alpha value is -0.530. The average molecular weight is 313 g/mol. The Kier molecular flexibility index (Phi) is 15.0. The number of carbonyl (C=O) groups is 1. The molecular weight excluding hydrogens is 272 g/mol. The second-order valence-corrected chi connectivity index (χ2v) is 7.25. The van der Waals surface area contributed by atoms with Crippen molar-refractivity contribution in [3.05, 3.63) is 0 Å². The highest BCUT2D eigenvalue weighted by Crippen LogP contribution is 2.18. The van der Waals surface area contributed by atoms with Gasteiger partial charge in [-0.1, -0.05) is 85.0 Å². The van der Waals surface area contributed by atoms with Crippen molar-refractivity contribution in [2.24, 2.45) is 11.8 Å². The van der Waals surface area contributed by atoms with Crippen molar-refractivity contribution < 1.29 is 9.53 Å². The number of ether oxygens (including phenoxy) is 1. The molecule has 0 aliphatic rings. The summed E-state index contributed by atoms with van der Waals surface area (Å²) in [6.07, 6.45) is 15.1. The third-order valence-corrected chi connectivity index (χ3v) is 4.36. The van der Waals surface area contributed by atoms with Crippen LogP contribution < -0.4 is 0 Å². The summed E-state index contributed by atoms with van der Waals surface area (Å²) in [6, 6.07) is 0. The summed E-state index contributed by atoms with van der Waals surface area (Å²) in [7, 11) is 0. The van der Waals surface area contributed by atoms with Gasteiger partial charge in [0.25, 0.3) is 0 Å². The molecule has 2 heteroatoms. The maximum atomic E-state index is 11.2. The zero-order valence-corrected chi connectivity index (χ0v) is 15.7. The van der Waals surface area contributed by atoms with E-state index >= 15 is 0 Å². The summed E-state index contributed by atoms with van der Waals surface area (Å²) >= 11 is 0. The highest BCUT2D eigenvalue weighted by Gasteiger charge is 2.03. The Morgan fingerprint density at radius 1 is 0.773 bits per heavy atom. The Morgan fingerprint density at radius 3 is 1.86 bits per heavy atom. The molecule has 0 aromatic heterocycles. The number of hydrogen-bond donors (Lipinski definition) is 0. The Labute approximate surface area is 139 Å². The van der Waals surface area contributed by atoms with Crippen LogP contribution in [0.15, 0.2) is 0 Å².